The number of carbonyl (C=O) groups excluding carboxylic acids is 1. The van der Waals surface area contributed by atoms with Crippen LogP contribution < -0.4 is 21.3 Å². The number of rotatable bonds is 5. The molecule has 1 saturated heterocycles. The third-order valence-corrected chi connectivity index (χ3v) is 7.72. The van der Waals surface area contributed by atoms with E-state index in [1.807, 2.05) is 13.0 Å². The van der Waals surface area contributed by atoms with E-state index in [-0.39, 0.29) is 30.7 Å². The van der Waals surface area contributed by atoms with Gasteiger partial charge in [0.2, 0.25) is 0 Å². The van der Waals surface area contributed by atoms with Gasteiger partial charge in [-0.1, -0.05) is 0 Å². The molecular formula is C23H33F3N4O. The number of hydrogen-bond donors (Lipinski definition) is 3. The van der Waals surface area contributed by atoms with Crippen LogP contribution in [0.2, 0.25) is 0 Å². The fraction of sp³-hybridized carbons (Fsp3) is 0.696. The molecule has 3 aliphatic rings. The predicted molar refractivity (Wildman–Crippen MR) is 117 cm³/mol. The van der Waals surface area contributed by atoms with Crippen LogP contribution in [-0.4, -0.2) is 38.3 Å². The van der Waals surface area contributed by atoms with Gasteiger partial charge in [0.05, 0.1) is 28.5 Å². The Labute approximate surface area is 181 Å². The molecule has 1 aromatic rings. The summed E-state index contributed by atoms with van der Waals surface area (Å²) >= 11 is 0. The average molecular weight is 439 g/mol. The Morgan fingerprint density at radius 3 is 2.42 bits per heavy atom. The maximum Gasteiger partial charge on any atom is 0.391 e. The summed E-state index contributed by atoms with van der Waals surface area (Å²) in [4.78, 5) is 15.5. The van der Waals surface area contributed by atoms with E-state index >= 15 is 0 Å². The summed E-state index contributed by atoms with van der Waals surface area (Å²) in [5, 5.41) is 6.16. The molecule has 1 amide bonds. The van der Waals surface area contributed by atoms with Crippen LogP contribution in [0, 0.1) is 17.3 Å². The molecule has 4 rings (SSSR count). The Hall–Kier alpha value is -2.12. The lowest BCUT2D eigenvalue weighted by atomic mass is 9.78. The van der Waals surface area contributed by atoms with E-state index in [0.29, 0.717) is 29.5 Å². The first kappa shape index (κ1) is 22.1. The minimum absolute atomic E-state index is 0.0569. The van der Waals surface area contributed by atoms with Gasteiger partial charge in [-0.05, 0) is 75.3 Å². The maximum atomic E-state index is 13.2. The highest BCUT2D eigenvalue weighted by Crippen LogP contribution is 2.54. The lowest BCUT2D eigenvalue weighted by molar-refractivity contribution is -0.184. The van der Waals surface area contributed by atoms with Crippen LogP contribution in [0.15, 0.2) is 12.1 Å². The second-order valence-electron chi connectivity index (χ2n) is 9.79. The Balaban J connectivity index is 1.47. The van der Waals surface area contributed by atoms with Crippen LogP contribution >= 0.6 is 0 Å². The van der Waals surface area contributed by atoms with E-state index in [2.05, 4.69) is 15.5 Å². The number of amides is 1. The summed E-state index contributed by atoms with van der Waals surface area (Å²) in [7, 11) is 1.81. The lowest BCUT2D eigenvalue weighted by Crippen LogP contribution is -2.41. The van der Waals surface area contributed by atoms with Crippen LogP contribution in [0.4, 0.5) is 30.2 Å². The SMILES string of the molecule is CNc1cc(N2CCC3(CC3)C2)c(C(=O)N[C@H](C)C2CCC(C(F)(F)F)CC2)cc1N. The third kappa shape index (κ3) is 4.58. The summed E-state index contributed by atoms with van der Waals surface area (Å²) in [6.07, 6.45) is 0.757. The number of alkyl halides is 3. The second kappa shape index (κ2) is 8.10. The van der Waals surface area contributed by atoms with Crippen molar-refractivity contribution < 1.29 is 18.0 Å². The van der Waals surface area contributed by atoms with Gasteiger partial charge < -0.3 is 21.3 Å². The first-order valence-corrected chi connectivity index (χ1v) is 11.4. The van der Waals surface area contributed by atoms with Gasteiger partial charge in [0.15, 0.2) is 0 Å². The summed E-state index contributed by atoms with van der Waals surface area (Å²) in [5.74, 6) is -1.36. The second-order valence-corrected chi connectivity index (χ2v) is 9.79. The first-order valence-electron chi connectivity index (χ1n) is 11.4. The molecule has 0 radical (unpaired) electrons. The monoisotopic (exact) mass is 438 g/mol. The van der Waals surface area contributed by atoms with Crippen molar-refractivity contribution in [3.8, 4) is 0 Å². The van der Waals surface area contributed by atoms with E-state index in [1.54, 1.807) is 13.1 Å². The average Bonchev–Trinajstić information content (AvgIpc) is 3.36. The van der Waals surface area contributed by atoms with Crippen molar-refractivity contribution in [2.75, 3.05) is 36.1 Å². The molecule has 1 aliphatic heterocycles. The number of nitrogens with zero attached hydrogens (tertiary/aromatic N) is 1. The van der Waals surface area contributed by atoms with Crippen LogP contribution in [0.5, 0.6) is 0 Å². The molecule has 1 heterocycles. The molecule has 1 spiro atoms. The molecule has 0 aromatic heterocycles. The minimum Gasteiger partial charge on any atom is -0.397 e. The molecule has 2 saturated carbocycles. The van der Waals surface area contributed by atoms with Crippen molar-refractivity contribution in [2.45, 2.75) is 64.1 Å². The highest BCUT2D eigenvalue weighted by molar-refractivity contribution is 6.02. The normalized spacial score (nSPS) is 26.0. The fourth-order valence-electron chi connectivity index (χ4n) is 5.34. The quantitative estimate of drug-likeness (QED) is 0.578. The van der Waals surface area contributed by atoms with Crippen molar-refractivity contribution in [1.82, 2.24) is 5.32 Å². The third-order valence-electron chi connectivity index (χ3n) is 7.72. The summed E-state index contributed by atoms with van der Waals surface area (Å²) < 4.78 is 38.9. The standard InChI is InChI=1S/C23H33F3N4O/c1-14(15-3-5-16(6-4-15)23(24,25)26)29-21(31)17-11-18(27)19(28-2)12-20(17)30-10-9-22(13-30)7-8-22/h11-12,14-16,28H,3-10,13,27H2,1-2H3,(H,29,31)/t14-,15?,16?/m1/s1. The van der Waals surface area contributed by atoms with Gasteiger partial charge in [0, 0.05) is 26.2 Å². The zero-order chi connectivity index (χ0) is 22.4. The molecule has 8 heteroatoms. The molecule has 0 bridgehead atoms. The van der Waals surface area contributed by atoms with E-state index in [9.17, 15) is 18.0 Å². The predicted octanol–water partition coefficient (Wildman–Crippen LogP) is 4.79. The Bertz CT molecular complexity index is 829. The van der Waals surface area contributed by atoms with Crippen molar-refractivity contribution in [1.29, 1.82) is 0 Å². The lowest BCUT2D eigenvalue weighted by Gasteiger charge is -2.33. The van der Waals surface area contributed by atoms with Crippen molar-refractivity contribution in [3.05, 3.63) is 17.7 Å². The number of anilines is 3. The van der Waals surface area contributed by atoms with Gasteiger partial charge in [0.25, 0.3) is 5.91 Å². The maximum absolute atomic E-state index is 13.2. The van der Waals surface area contributed by atoms with Gasteiger partial charge in [-0.2, -0.15) is 13.2 Å². The van der Waals surface area contributed by atoms with Gasteiger partial charge in [-0.25, -0.2) is 0 Å². The molecule has 0 unspecified atom stereocenters. The van der Waals surface area contributed by atoms with Gasteiger partial charge in [0.1, 0.15) is 0 Å². The van der Waals surface area contributed by atoms with Crippen molar-refractivity contribution >= 4 is 23.0 Å². The molecule has 4 N–H and O–H groups in total. The number of benzene rings is 1. The highest BCUT2D eigenvalue weighted by atomic mass is 19.4. The molecule has 172 valence electrons. The Morgan fingerprint density at radius 1 is 1.19 bits per heavy atom. The van der Waals surface area contributed by atoms with Crippen LogP contribution in [0.1, 0.15) is 62.2 Å². The smallest absolute Gasteiger partial charge is 0.391 e. The van der Waals surface area contributed by atoms with Gasteiger partial charge in [-0.3, -0.25) is 4.79 Å². The number of nitrogens with one attached hydrogen (secondary N) is 2. The number of hydrogen-bond acceptors (Lipinski definition) is 4. The van der Waals surface area contributed by atoms with Crippen LogP contribution in [0.3, 0.4) is 0 Å². The molecule has 2 aliphatic carbocycles. The van der Waals surface area contributed by atoms with E-state index in [0.717, 1.165) is 30.9 Å². The van der Waals surface area contributed by atoms with Crippen molar-refractivity contribution in [2.24, 2.45) is 17.3 Å². The number of nitrogens with two attached hydrogens (primary N) is 1. The fourth-order valence-corrected chi connectivity index (χ4v) is 5.34. The summed E-state index contributed by atoms with van der Waals surface area (Å²) in [5.41, 5.74) is 9.31. The minimum atomic E-state index is -4.12. The molecule has 31 heavy (non-hydrogen) atoms. The summed E-state index contributed by atoms with van der Waals surface area (Å²) in [6, 6.07) is 3.49. The molecule has 1 atom stereocenters. The zero-order valence-electron chi connectivity index (χ0n) is 18.3. The van der Waals surface area contributed by atoms with E-state index in [4.69, 9.17) is 5.73 Å². The molecule has 1 aromatic carbocycles. The van der Waals surface area contributed by atoms with Gasteiger partial charge >= 0.3 is 6.18 Å². The first-order chi connectivity index (χ1) is 14.6. The van der Waals surface area contributed by atoms with Crippen molar-refractivity contribution in [3.63, 3.8) is 0 Å². The number of halogens is 3. The molecule has 5 nitrogen and oxygen atoms in total. The molecular weight excluding hydrogens is 405 g/mol. The van der Waals surface area contributed by atoms with E-state index < -0.39 is 12.1 Å². The number of carbonyl (C=O) groups is 1. The molecule has 3 fully saturated rings. The van der Waals surface area contributed by atoms with Crippen LogP contribution in [0.25, 0.3) is 0 Å². The van der Waals surface area contributed by atoms with E-state index in [1.165, 1.54) is 12.8 Å². The highest BCUT2D eigenvalue weighted by Gasteiger charge is 2.48. The summed E-state index contributed by atoms with van der Waals surface area (Å²) in [6.45, 7) is 3.78. The Morgan fingerprint density at radius 2 is 1.87 bits per heavy atom. The topological polar surface area (TPSA) is 70.4 Å². The zero-order valence-corrected chi connectivity index (χ0v) is 18.3. The largest absolute Gasteiger partial charge is 0.397 e. The number of nitrogen functional groups attached to an aromatic ring is 1. The van der Waals surface area contributed by atoms with Crippen LogP contribution in [-0.2, 0) is 0 Å². The van der Waals surface area contributed by atoms with Gasteiger partial charge in [-0.15, -0.1) is 0 Å². The Kier molecular flexibility index (Phi) is 5.77.